The Labute approximate surface area is 187 Å². The molecule has 8 heteroatoms. The van der Waals surface area contributed by atoms with E-state index in [-0.39, 0.29) is 17.6 Å². The van der Waals surface area contributed by atoms with Gasteiger partial charge in [0.1, 0.15) is 5.82 Å². The van der Waals surface area contributed by atoms with Crippen LogP contribution in [0, 0.1) is 12.7 Å². The molecule has 1 fully saturated rings. The van der Waals surface area contributed by atoms with Crippen molar-refractivity contribution in [1.82, 2.24) is 24.6 Å². The molecule has 1 aliphatic heterocycles. The summed E-state index contributed by atoms with van der Waals surface area (Å²) in [6.07, 6.45) is 5.78. The third-order valence-corrected chi connectivity index (χ3v) is 5.86. The van der Waals surface area contributed by atoms with Gasteiger partial charge in [-0.25, -0.2) is 14.4 Å². The van der Waals surface area contributed by atoms with Crippen molar-refractivity contribution in [2.45, 2.75) is 38.6 Å². The zero-order valence-electron chi connectivity index (χ0n) is 18.8. The second-order valence-corrected chi connectivity index (χ2v) is 8.49. The molecule has 1 amide bonds. The van der Waals surface area contributed by atoms with Crippen molar-refractivity contribution < 1.29 is 9.18 Å². The fourth-order valence-electron chi connectivity index (χ4n) is 4.18. The maximum absolute atomic E-state index is 14.6. The summed E-state index contributed by atoms with van der Waals surface area (Å²) in [7, 11) is 3.77. The van der Waals surface area contributed by atoms with E-state index in [1.165, 1.54) is 6.07 Å². The molecule has 1 aromatic carbocycles. The van der Waals surface area contributed by atoms with Gasteiger partial charge in [-0.1, -0.05) is 18.2 Å². The van der Waals surface area contributed by atoms with Gasteiger partial charge in [-0.15, -0.1) is 0 Å². The lowest BCUT2D eigenvalue weighted by molar-refractivity contribution is -0.132. The summed E-state index contributed by atoms with van der Waals surface area (Å²) in [5, 5.41) is 4.36. The monoisotopic (exact) mass is 436 g/mol. The number of halogens is 1. The number of rotatable bonds is 6. The first-order valence-electron chi connectivity index (χ1n) is 11.0. The smallest absolute Gasteiger partial charge is 0.225 e. The van der Waals surface area contributed by atoms with Gasteiger partial charge >= 0.3 is 0 Å². The largest absolute Gasteiger partial charge is 0.347 e. The van der Waals surface area contributed by atoms with Gasteiger partial charge in [0.2, 0.25) is 11.9 Å². The Kier molecular flexibility index (Phi) is 6.48. The molecule has 0 unspecified atom stereocenters. The zero-order chi connectivity index (χ0) is 22.7. The van der Waals surface area contributed by atoms with Crippen molar-refractivity contribution >= 4 is 11.9 Å². The molecular weight excluding hydrogens is 407 g/mol. The Morgan fingerprint density at radius 3 is 2.75 bits per heavy atom. The molecule has 3 aromatic rings. The van der Waals surface area contributed by atoms with E-state index in [4.69, 9.17) is 4.98 Å². The van der Waals surface area contributed by atoms with E-state index < -0.39 is 0 Å². The molecule has 0 aliphatic carbocycles. The summed E-state index contributed by atoms with van der Waals surface area (Å²) in [5.41, 5.74) is 2.93. The molecule has 1 saturated heterocycles. The van der Waals surface area contributed by atoms with Crippen molar-refractivity contribution in [3.05, 3.63) is 59.9 Å². The molecule has 1 atom stereocenters. The Morgan fingerprint density at radius 2 is 2.03 bits per heavy atom. The third kappa shape index (κ3) is 4.79. The van der Waals surface area contributed by atoms with Gasteiger partial charge in [0.25, 0.3) is 0 Å². The molecular formula is C24H29FN6O. The highest BCUT2D eigenvalue weighted by Crippen LogP contribution is 2.35. The second-order valence-electron chi connectivity index (χ2n) is 8.49. The summed E-state index contributed by atoms with van der Waals surface area (Å²) in [6.45, 7) is 3.80. The first kappa shape index (κ1) is 21.9. The van der Waals surface area contributed by atoms with E-state index in [9.17, 15) is 9.18 Å². The summed E-state index contributed by atoms with van der Waals surface area (Å²) in [6, 6.07) is 8.63. The van der Waals surface area contributed by atoms with Crippen molar-refractivity contribution in [3.63, 3.8) is 0 Å². The van der Waals surface area contributed by atoms with Crippen LogP contribution in [-0.2, 0) is 11.3 Å². The number of aryl methyl sites for hydroxylation is 2. The van der Waals surface area contributed by atoms with Crippen LogP contribution in [-0.4, -0.2) is 57.7 Å². The fraction of sp³-hybridized carbons (Fsp3) is 0.417. The topological polar surface area (TPSA) is 67.2 Å². The molecule has 168 valence electrons. The van der Waals surface area contributed by atoms with Gasteiger partial charge in [-0.05, 0) is 31.9 Å². The number of nitrogens with zero attached hydrogens (tertiary/aromatic N) is 6. The van der Waals surface area contributed by atoms with Crippen LogP contribution in [0.1, 0.15) is 36.6 Å². The van der Waals surface area contributed by atoms with Crippen LogP contribution in [0.2, 0.25) is 0 Å². The predicted octanol–water partition coefficient (Wildman–Crippen LogP) is 3.65. The van der Waals surface area contributed by atoms with Crippen LogP contribution in [0.25, 0.3) is 11.1 Å². The van der Waals surface area contributed by atoms with Crippen molar-refractivity contribution in [2.24, 2.45) is 0 Å². The van der Waals surface area contributed by atoms with Crippen LogP contribution in [0.4, 0.5) is 10.3 Å². The minimum atomic E-state index is -0.298. The minimum absolute atomic E-state index is 0.0240. The molecule has 0 saturated carbocycles. The minimum Gasteiger partial charge on any atom is -0.347 e. The Balaban J connectivity index is 1.57. The normalized spacial score (nSPS) is 16.2. The van der Waals surface area contributed by atoms with Gasteiger partial charge in [-0.3, -0.25) is 9.48 Å². The van der Waals surface area contributed by atoms with Crippen molar-refractivity contribution in [2.75, 3.05) is 32.1 Å². The SMILES string of the molecule is Cc1ccn(CCC(=O)N2CCC[C@H](c3nc(N(C)C)ncc3-c3ccccc3F)C2)n1. The van der Waals surface area contributed by atoms with Crippen LogP contribution in [0.3, 0.4) is 0 Å². The van der Waals surface area contributed by atoms with Crippen LogP contribution < -0.4 is 4.90 Å². The lowest BCUT2D eigenvalue weighted by atomic mass is 9.89. The van der Waals surface area contributed by atoms with Crippen LogP contribution in [0.5, 0.6) is 0 Å². The van der Waals surface area contributed by atoms with E-state index in [1.807, 2.05) is 49.1 Å². The number of hydrogen-bond donors (Lipinski definition) is 0. The standard InChI is InChI=1S/C24H29FN6O/c1-17-10-13-31(28-17)14-11-22(32)30-12-6-7-18(16-30)23-20(15-26-24(27-23)29(2)3)19-8-4-5-9-21(19)25/h4-5,8-10,13,15,18H,6-7,11-12,14,16H2,1-3H3/t18-/m0/s1. The molecule has 7 nitrogen and oxygen atoms in total. The average Bonchev–Trinajstić information content (AvgIpc) is 3.22. The van der Waals surface area contributed by atoms with Crippen LogP contribution >= 0.6 is 0 Å². The van der Waals surface area contributed by atoms with E-state index in [1.54, 1.807) is 23.0 Å². The molecule has 3 heterocycles. The fourth-order valence-corrected chi connectivity index (χ4v) is 4.18. The molecule has 1 aliphatic rings. The number of benzene rings is 1. The average molecular weight is 437 g/mol. The molecule has 2 aromatic heterocycles. The summed E-state index contributed by atoms with van der Waals surface area (Å²) < 4.78 is 16.4. The number of carbonyl (C=O) groups excluding carboxylic acids is 1. The number of aromatic nitrogens is 4. The summed E-state index contributed by atoms with van der Waals surface area (Å²) in [5.74, 6) is 0.416. The van der Waals surface area contributed by atoms with E-state index in [0.717, 1.165) is 30.8 Å². The third-order valence-electron chi connectivity index (χ3n) is 5.86. The van der Waals surface area contributed by atoms with Gasteiger partial charge in [0.05, 0.1) is 11.4 Å². The number of likely N-dealkylation sites (tertiary alicyclic amines) is 1. The first-order valence-corrected chi connectivity index (χ1v) is 11.0. The van der Waals surface area contributed by atoms with Gasteiger partial charge in [0, 0.05) is 69.6 Å². The molecule has 0 radical (unpaired) electrons. The lowest BCUT2D eigenvalue weighted by Crippen LogP contribution is -2.40. The Bertz CT molecular complexity index is 1100. The molecule has 0 N–H and O–H groups in total. The zero-order valence-corrected chi connectivity index (χ0v) is 18.8. The van der Waals surface area contributed by atoms with Crippen LogP contribution in [0.15, 0.2) is 42.7 Å². The molecule has 4 rings (SSSR count). The second kappa shape index (κ2) is 9.46. The number of carbonyl (C=O) groups is 1. The Hall–Kier alpha value is -3.29. The highest BCUT2D eigenvalue weighted by atomic mass is 19.1. The van der Waals surface area contributed by atoms with E-state index in [0.29, 0.717) is 36.6 Å². The summed E-state index contributed by atoms with van der Waals surface area (Å²) in [4.78, 5) is 25.9. The van der Waals surface area contributed by atoms with Crippen molar-refractivity contribution in [3.8, 4) is 11.1 Å². The number of piperidine rings is 1. The van der Waals surface area contributed by atoms with Gasteiger partial charge in [0.15, 0.2) is 0 Å². The molecule has 32 heavy (non-hydrogen) atoms. The maximum Gasteiger partial charge on any atom is 0.225 e. The highest BCUT2D eigenvalue weighted by Gasteiger charge is 2.28. The van der Waals surface area contributed by atoms with E-state index >= 15 is 0 Å². The van der Waals surface area contributed by atoms with Gasteiger partial charge < -0.3 is 9.80 Å². The Morgan fingerprint density at radius 1 is 1.22 bits per heavy atom. The number of hydrogen-bond acceptors (Lipinski definition) is 5. The quantitative estimate of drug-likeness (QED) is 0.590. The highest BCUT2D eigenvalue weighted by molar-refractivity contribution is 5.76. The summed E-state index contributed by atoms with van der Waals surface area (Å²) >= 11 is 0. The lowest BCUT2D eigenvalue weighted by Gasteiger charge is -2.33. The maximum atomic E-state index is 14.6. The predicted molar refractivity (Wildman–Crippen MR) is 122 cm³/mol. The van der Waals surface area contributed by atoms with Crippen molar-refractivity contribution in [1.29, 1.82) is 0 Å². The first-order chi connectivity index (χ1) is 15.4. The van der Waals surface area contributed by atoms with Gasteiger partial charge in [-0.2, -0.15) is 5.10 Å². The molecule has 0 bridgehead atoms. The number of amides is 1. The molecule has 0 spiro atoms. The van der Waals surface area contributed by atoms with E-state index in [2.05, 4.69) is 10.1 Å². The number of anilines is 1.